The van der Waals surface area contributed by atoms with E-state index in [0.29, 0.717) is 5.75 Å². The minimum Gasteiger partial charge on any atom is -0.489 e. The SMILES string of the molecule is CCCc1ccc(OC(C)CNCC(F)(F)F)cc1. The summed E-state index contributed by atoms with van der Waals surface area (Å²) in [6.45, 7) is 3.02. The molecule has 1 atom stereocenters. The van der Waals surface area contributed by atoms with Crippen molar-refractivity contribution in [2.75, 3.05) is 13.1 Å². The van der Waals surface area contributed by atoms with E-state index in [1.54, 1.807) is 6.92 Å². The number of halogens is 3. The molecule has 0 aliphatic heterocycles. The fourth-order valence-electron chi connectivity index (χ4n) is 1.71. The Morgan fingerprint density at radius 2 is 1.84 bits per heavy atom. The van der Waals surface area contributed by atoms with Crippen molar-refractivity contribution < 1.29 is 17.9 Å². The second kappa shape index (κ2) is 7.38. The summed E-state index contributed by atoms with van der Waals surface area (Å²) in [5.74, 6) is 0.682. The predicted molar refractivity (Wildman–Crippen MR) is 69.5 cm³/mol. The number of rotatable bonds is 7. The van der Waals surface area contributed by atoms with Gasteiger partial charge in [-0.2, -0.15) is 13.2 Å². The van der Waals surface area contributed by atoms with E-state index in [2.05, 4.69) is 12.2 Å². The lowest BCUT2D eigenvalue weighted by Gasteiger charge is -2.16. The summed E-state index contributed by atoms with van der Waals surface area (Å²) in [6, 6.07) is 7.67. The number of nitrogens with one attached hydrogen (secondary N) is 1. The molecule has 0 bridgehead atoms. The maximum atomic E-state index is 11.9. The predicted octanol–water partition coefficient (Wildman–Crippen LogP) is 3.56. The number of hydrogen-bond acceptors (Lipinski definition) is 2. The maximum Gasteiger partial charge on any atom is 0.401 e. The van der Waals surface area contributed by atoms with Crippen LogP contribution >= 0.6 is 0 Å². The van der Waals surface area contributed by atoms with Gasteiger partial charge in [-0.05, 0) is 31.0 Å². The fraction of sp³-hybridized carbons (Fsp3) is 0.571. The molecule has 0 spiro atoms. The molecular formula is C14H20F3NO. The Kier molecular flexibility index (Phi) is 6.15. The summed E-state index contributed by atoms with van der Waals surface area (Å²) in [6.07, 6.45) is -2.39. The summed E-state index contributed by atoms with van der Waals surface area (Å²) < 4.78 is 41.4. The molecule has 0 saturated heterocycles. The molecule has 0 radical (unpaired) electrons. The smallest absolute Gasteiger partial charge is 0.401 e. The van der Waals surface area contributed by atoms with Crippen molar-refractivity contribution in [1.29, 1.82) is 0 Å². The summed E-state index contributed by atoms with van der Waals surface area (Å²) in [5, 5.41) is 2.33. The van der Waals surface area contributed by atoms with Crippen LogP contribution in [-0.4, -0.2) is 25.4 Å². The van der Waals surface area contributed by atoms with Gasteiger partial charge in [0, 0.05) is 6.54 Å². The molecule has 1 aromatic rings. The molecule has 1 N–H and O–H groups in total. The van der Waals surface area contributed by atoms with E-state index in [-0.39, 0.29) is 12.6 Å². The molecule has 0 aliphatic carbocycles. The molecule has 2 nitrogen and oxygen atoms in total. The third-order valence-corrected chi connectivity index (χ3v) is 2.56. The first-order valence-electron chi connectivity index (χ1n) is 6.44. The molecule has 0 aromatic heterocycles. The van der Waals surface area contributed by atoms with Crippen molar-refractivity contribution in [3.63, 3.8) is 0 Å². The first kappa shape index (κ1) is 15.8. The van der Waals surface area contributed by atoms with Gasteiger partial charge in [-0.1, -0.05) is 25.5 Å². The Morgan fingerprint density at radius 1 is 1.21 bits per heavy atom. The zero-order chi connectivity index (χ0) is 14.3. The molecule has 108 valence electrons. The lowest BCUT2D eigenvalue weighted by molar-refractivity contribution is -0.125. The Labute approximate surface area is 112 Å². The second-order valence-corrected chi connectivity index (χ2v) is 4.57. The van der Waals surface area contributed by atoms with E-state index in [1.807, 2.05) is 24.3 Å². The Hall–Kier alpha value is -1.23. The summed E-state index contributed by atoms with van der Waals surface area (Å²) in [4.78, 5) is 0. The number of alkyl halides is 3. The summed E-state index contributed by atoms with van der Waals surface area (Å²) in [7, 11) is 0. The molecule has 0 aliphatic rings. The molecule has 19 heavy (non-hydrogen) atoms. The number of hydrogen-bond donors (Lipinski definition) is 1. The standard InChI is InChI=1S/C14H20F3NO/c1-3-4-12-5-7-13(8-6-12)19-11(2)9-18-10-14(15,16)17/h5-8,11,18H,3-4,9-10H2,1-2H3. The van der Waals surface area contributed by atoms with E-state index in [0.717, 1.165) is 12.8 Å². The van der Waals surface area contributed by atoms with Crippen LogP contribution in [0.2, 0.25) is 0 Å². The van der Waals surface area contributed by atoms with Gasteiger partial charge in [0.2, 0.25) is 0 Å². The molecule has 1 rings (SSSR count). The zero-order valence-corrected chi connectivity index (χ0v) is 11.3. The highest BCUT2D eigenvalue weighted by molar-refractivity contribution is 5.27. The Morgan fingerprint density at radius 3 is 2.37 bits per heavy atom. The highest BCUT2D eigenvalue weighted by Crippen LogP contribution is 2.15. The van der Waals surface area contributed by atoms with Gasteiger partial charge in [0.05, 0.1) is 6.54 Å². The number of ether oxygens (including phenoxy) is 1. The van der Waals surface area contributed by atoms with E-state index < -0.39 is 12.7 Å². The van der Waals surface area contributed by atoms with Gasteiger partial charge in [-0.15, -0.1) is 0 Å². The lowest BCUT2D eigenvalue weighted by Crippen LogP contribution is -2.35. The largest absolute Gasteiger partial charge is 0.489 e. The average molecular weight is 275 g/mol. The van der Waals surface area contributed by atoms with Gasteiger partial charge in [0.15, 0.2) is 0 Å². The van der Waals surface area contributed by atoms with Crippen LogP contribution in [0.4, 0.5) is 13.2 Å². The van der Waals surface area contributed by atoms with Crippen molar-refractivity contribution in [2.45, 2.75) is 39.0 Å². The zero-order valence-electron chi connectivity index (χ0n) is 11.3. The van der Waals surface area contributed by atoms with Crippen LogP contribution in [0, 0.1) is 0 Å². The van der Waals surface area contributed by atoms with Crippen LogP contribution in [0.15, 0.2) is 24.3 Å². The van der Waals surface area contributed by atoms with Crippen LogP contribution in [0.25, 0.3) is 0 Å². The normalized spacial score (nSPS) is 13.3. The van der Waals surface area contributed by atoms with Crippen LogP contribution in [0.3, 0.4) is 0 Å². The first-order chi connectivity index (χ1) is 8.90. The quantitative estimate of drug-likeness (QED) is 0.821. The van der Waals surface area contributed by atoms with Crippen LogP contribution in [-0.2, 0) is 6.42 Å². The fourth-order valence-corrected chi connectivity index (χ4v) is 1.71. The monoisotopic (exact) mass is 275 g/mol. The van der Waals surface area contributed by atoms with Crippen LogP contribution < -0.4 is 10.1 Å². The maximum absolute atomic E-state index is 11.9. The van der Waals surface area contributed by atoms with Crippen molar-refractivity contribution in [1.82, 2.24) is 5.32 Å². The molecule has 0 heterocycles. The van der Waals surface area contributed by atoms with Crippen molar-refractivity contribution in [3.05, 3.63) is 29.8 Å². The van der Waals surface area contributed by atoms with E-state index in [1.165, 1.54) is 5.56 Å². The van der Waals surface area contributed by atoms with Crippen LogP contribution in [0.5, 0.6) is 5.75 Å². The van der Waals surface area contributed by atoms with Crippen molar-refractivity contribution >= 4 is 0 Å². The van der Waals surface area contributed by atoms with Gasteiger partial charge in [-0.25, -0.2) is 0 Å². The van der Waals surface area contributed by atoms with E-state index >= 15 is 0 Å². The molecule has 5 heteroatoms. The van der Waals surface area contributed by atoms with Gasteiger partial charge < -0.3 is 10.1 Å². The third kappa shape index (κ3) is 7.06. The van der Waals surface area contributed by atoms with Crippen molar-refractivity contribution in [3.8, 4) is 5.75 Å². The van der Waals surface area contributed by atoms with E-state index in [9.17, 15) is 13.2 Å². The van der Waals surface area contributed by atoms with Gasteiger partial charge in [0.25, 0.3) is 0 Å². The molecule has 0 saturated carbocycles. The number of benzene rings is 1. The van der Waals surface area contributed by atoms with Gasteiger partial charge in [0.1, 0.15) is 11.9 Å². The number of aryl methyl sites for hydroxylation is 1. The summed E-state index contributed by atoms with van der Waals surface area (Å²) >= 11 is 0. The van der Waals surface area contributed by atoms with E-state index in [4.69, 9.17) is 4.74 Å². The highest BCUT2D eigenvalue weighted by atomic mass is 19.4. The Balaban J connectivity index is 2.33. The lowest BCUT2D eigenvalue weighted by atomic mass is 10.1. The first-order valence-corrected chi connectivity index (χ1v) is 6.44. The summed E-state index contributed by atoms with van der Waals surface area (Å²) in [5.41, 5.74) is 1.23. The molecule has 1 aromatic carbocycles. The molecule has 0 fully saturated rings. The molecule has 0 amide bonds. The second-order valence-electron chi connectivity index (χ2n) is 4.57. The third-order valence-electron chi connectivity index (χ3n) is 2.56. The average Bonchev–Trinajstić information content (AvgIpc) is 2.30. The molecule has 1 unspecified atom stereocenters. The topological polar surface area (TPSA) is 21.3 Å². The van der Waals surface area contributed by atoms with Crippen molar-refractivity contribution in [2.24, 2.45) is 0 Å². The van der Waals surface area contributed by atoms with Gasteiger partial charge in [-0.3, -0.25) is 0 Å². The highest BCUT2D eigenvalue weighted by Gasteiger charge is 2.26. The minimum atomic E-state index is -4.18. The van der Waals surface area contributed by atoms with Crippen LogP contribution in [0.1, 0.15) is 25.8 Å². The Bertz CT molecular complexity index is 362. The van der Waals surface area contributed by atoms with Gasteiger partial charge >= 0.3 is 6.18 Å². The minimum absolute atomic E-state index is 0.163. The molecular weight excluding hydrogens is 255 g/mol.